The Kier molecular flexibility index (Phi) is 5.44. The van der Waals surface area contributed by atoms with Gasteiger partial charge in [0.05, 0.1) is 12.8 Å². The molecule has 2 N–H and O–H groups in total. The fourth-order valence-corrected chi connectivity index (χ4v) is 2.54. The van der Waals surface area contributed by atoms with Crippen LogP contribution in [0.2, 0.25) is 0 Å². The van der Waals surface area contributed by atoms with Gasteiger partial charge in [0, 0.05) is 17.3 Å². The molecule has 2 heterocycles. The molecule has 146 valence electrons. The van der Waals surface area contributed by atoms with Crippen LogP contribution < -0.4 is 20.3 Å². The molecule has 1 aromatic carbocycles. The lowest BCUT2D eigenvalue weighted by atomic mass is 10.3. The SMILES string of the molecule is COc1ccccc1OCC(=O)Nc1cc(C)nn1-c1nc(C)c(C)c(=O)[nH]1. The lowest BCUT2D eigenvalue weighted by molar-refractivity contribution is -0.118. The highest BCUT2D eigenvalue weighted by atomic mass is 16.5. The third-order valence-electron chi connectivity index (χ3n) is 4.11. The van der Waals surface area contributed by atoms with Crippen molar-refractivity contribution in [3.05, 3.63) is 57.6 Å². The number of nitrogens with one attached hydrogen (secondary N) is 2. The van der Waals surface area contributed by atoms with Crippen molar-refractivity contribution in [1.29, 1.82) is 0 Å². The Bertz CT molecular complexity index is 1070. The van der Waals surface area contributed by atoms with Gasteiger partial charge in [-0.25, -0.2) is 4.98 Å². The van der Waals surface area contributed by atoms with Gasteiger partial charge in [-0.15, -0.1) is 0 Å². The molecule has 2 aromatic heterocycles. The van der Waals surface area contributed by atoms with Crippen molar-refractivity contribution < 1.29 is 14.3 Å². The maximum absolute atomic E-state index is 12.4. The highest BCUT2D eigenvalue weighted by Gasteiger charge is 2.15. The molecule has 3 rings (SSSR count). The molecule has 9 nitrogen and oxygen atoms in total. The second-order valence-electron chi connectivity index (χ2n) is 6.17. The van der Waals surface area contributed by atoms with Gasteiger partial charge in [-0.1, -0.05) is 12.1 Å². The van der Waals surface area contributed by atoms with Crippen LogP contribution in [0, 0.1) is 20.8 Å². The summed E-state index contributed by atoms with van der Waals surface area (Å²) in [7, 11) is 1.53. The minimum Gasteiger partial charge on any atom is -0.493 e. The van der Waals surface area contributed by atoms with E-state index < -0.39 is 5.91 Å². The number of H-pyrrole nitrogens is 1. The molecule has 0 bridgehead atoms. The van der Waals surface area contributed by atoms with Gasteiger partial charge in [0.2, 0.25) is 5.95 Å². The third-order valence-corrected chi connectivity index (χ3v) is 4.11. The van der Waals surface area contributed by atoms with E-state index >= 15 is 0 Å². The van der Waals surface area contributed by atoms with Gasteiger partial charge in [0.15, 0.2) is 18.1 Å². The molecule has 0 aliphatic heterocycles. The molecule has 28 heavy (non-hydrogen) atoms. The number of methoxy groups -OCH3 is 1. The predicted molar refractivity (Wildman–Crippen MR) is 103 cm³/mol. The van der Waals surface area contributed by atoms with Crippen LogP contribution in [0.25, 0.3) is 5.95 Å². The van der Waals surface area contributed by atoms with Gasteiger partial charge in [-0.05, 0) is 32.9 Å². The summed E-state index contributed by atoms with van der Waals surface area (Å²) in [6, 6.07) is 8.73. The summed E-state index contributed by atoms with van der Waals surface area (Å²) >= 11 is 0. The summed E-state index contributed by atoms with van der Waals surface area (Å²) in [6.07, 6.45) is 0. The largest absolute Gasteiger partial charge is 0.493 e. The Morgan fingerprint density at radius 3 is 2.61 bits per heavy atom. The number of aryl methyl sites for hydroxylation is 2. The topological polar surface area (TPSA) is 111 Å². The fraction of sp³-hybridized carbons (Fsp3) is 0.263. The van der Waals surface area contributed by atoms with E-state index in [0.29, 0.717) is 34.3 Å². The summed E-state index contributed by atoms with van der Waals surface area (Å²) in [6.45, 7) is 4.99. The molecule has 1 amide bonds. The number of amides is 1. The number of para-hydroxylation sites is 2. The molecule has 0 atom stereocenters. The van der Waals surface area contributed by atoms with Gasteiger partial charge in [-0.2, -0.15) is 9.78 Å². The van der Waals surface area contributed by atoms with E-state index in [2.05, 4.69) is 20.4 Å². The third kappa shape index (κ3) is 4.03. The lowest BCUT2D eigenvalue weighted by Gasteiger charge is -2.11. The molecular formula is C19H21N5O4. The van der Waals surface area contributed by atoms with Crippen molar-refractivity contribution in [2.24, 2.45) is 0 Å². The van der Waals surface area contributed by atoms with Crippen LogP contribution in [0.5, 0.6) is 11.5 Å². The zero-order valence-corrected chi connectivity index (χ0v) is 16.1. The highest BCUT2D eigenvalue weighted by Crippen LogP contribution is 2.25. The Morgan fingerprint density at radius 1 is 1.21 bits per heavy atom. The van der Waals surface area contributed by atoms with Gasteiger partial charge in [0.25, 0.3) is 11.5 Å². The van der Waals surface area contributed by atoms with Gasteiger partial charge in [0.1, 0.15) is 5.82 Å². The number of aromatic nitrogens is 4. The van der Waals surface area contributed by atoms with Crippen LogP contribution in [0.3, 0.4) is 0 Å². The molecule has 0 aliphatic rings. The number of benzene rings is 1. The number of hydrogen-bond acceptors (Lipinski definition) is 6. The van der Waals surface area contributed by atoms with E-state index in [4.69, 9.17) is 9.47 Å². The second-order valence-corrected chi connectivity index (χ2v) is 6.17. The van der Waals surface area contributed by atoms with E-state index in [1.54, 1.807) is 45.0 Å². The smallest absolute Gasteiger partial charge is 0.263 e. The minimum atomic E-state index is -0.391. The molecule has 3 aromatic rings. The van der Waals surface area contributed by atoms with Crippen molar-refractivity contribution in [2.45, 2.75) is 20.8 Å². The monoisotopic (exact) mass is 383 g/mol. The van der Waals surface area contributed by atoms with Crippen LogP contribution in [0.4, 0.5) is 5.82 Å². The summed E-state index contributed by atoms with van der Waals surface area (Å²) in [5.41, 5.74) is 1.52. The minimum absolute atomic E-state index is 0.221. The fourth-order valence-electron chi connectivity index (χ4n) is 2.54. The van der Waals surface area contributed by atoms with Crippen molar-refractivity contribution in [2.75, 3.05) is 19.0 Å². The molecule has 0 spiro atoms. The van der Waals surface area contributed by atoms with E-state index in [0.717, 1.165) is 0 Å². The van der Waals surface area contributed by atoms with Crippen LogP contribution in [0.15, 0.2) is 35.1 Å². The number of carbonyl (C=O) groups excluding carboxylic acids is 1. The molecule has 0 unspecified atom stereocenters. The van der Waals surface area contributed by atoms with Crippen LogP contribution >= 0.6 is 0 Å². The molecule has 0 radical (unpaired) electrons. The molecule has 0 saturated heterocycles. The molecule has 0 saturated carbocycles. The summed E-state index contributed by atoms with van der Waals surface area (Å²) in [5.74, 6) is 1.20. The molecule has 0 fully saturated rings. The number of aromatic amines is 1. The summed E-state index contributed by atoms with van der Waals surface area (Å²) in [5, 5.41) is 7.02. The Morgan fingerprint density at radius 2 is 1.93 bits per heavy atom. The summed E-state index contributed by atoms with van der Waals surface area (Å²) < 4.78 is 12.1. The van der Waals surface area contributed by atoms with Crippen molar-refractivity contribution in [1.82, 2.24) is 19.7 Å². The first kappa shape index (κ1) is 19.2. The maximum atomic E-state index is 12.4. The molecule has 0 aliphatic carbocycles. The first-order chi connectivity index (χ1) is 13.4. The van der Waals surface area contributed by atoms with E-state index in [1.807, 2.05) is 6.07 Å². The standard InChI is InChI=1S/C19H21N5O4/c1-11-9-16(24(23-11)19-20-13(3)12(2)18(26)22-19)21-17(25)10-28-15-8-6-5-7-14(15)27-4/h5-9H,10H2,1-4H3,(H,21,25)(H,20,22,26). The first-order valence-corrected chi connectivity index (χ1v) is 8.59. The number of hydrogen-bond donors (Lipinski definition) is 2. The second kappa shape index (κ2) is 7.95. The van der Waals surface area contributed by atoms with Gasteiger partial charge >= 0.3 is 0 Å². The van der Waals surface area contributed by atoms with Crippen LogP contribution in [0.1, 0.15) is 17.0 Å². The average molecular weight is 383 g/mol. The summed E-state index contributed by atoms with van der Waals surface area (Å²) in [4.78, 5) is 31.4. The number of nitrogens with zero attached hydrogens (tertiary/aromatic N) is 3. The number of carbonyl (C=O) groups is 1. The average Bonchev–Trinajstić information content (AvgIpc) is 3.04. The van der Waals surface area contributed by atoms with E-state index in [1.165, 1.54) is 11.8 Å². The zero-order valence-electron chi connectivity index (χ0n) is 16.1. The van der Waals surface area contributed by atoms with Crippen LogP contribution in [-0.2, 0) is 4.79 Å². The first-order valence-electron chi connectivity index (χ1n) is 8.59. The maximum Gasteiger partial charge on any atom is 0.263 e. The predicted octanol–water partition coefficient (Wildman–Crippen LogP) is 1.91. The Labute approximate surface area is 161 Å². The molecule has 9 heteroatoms. The quantitative estimate of drug-likeness (QED) is 0.673. The van der Waals surface area contributed by atoms with E-state index in [9.17, 15) is 9.59 Å². The van der Waals surface area contributed by atoms with Crippen molar-refractivity contribution in [3.8, 4) is 17.4 Å². The number of ether oxygens (including phenoxy) is 2. The highest BCUT2D eigenvalue weighted by molar-refractivity contribution is 5.91. The molecular weight excluding hydrogens is 362 g/mol. The lowest BCUT2D eigenvalue weighted by Crippen LogP contribution is -2.24. The number of anilines is 1. The normalized spacial score (nSPS) is 10.6. The van der Waals surface area contributed by atoms with E-state index in [-0.39, 0.29) is 18.1 Å². The van der Waals surface area contributed by atoms with Gasteiger partial charge < -0.3 is 14.8 Å². The van der Waals surface area contributed by atoms with Crippen LogP contribution in [-0.4, -0.2) is 39.4 Å². The van der Waals surface area contributed by atoms with Crippen molar-refractivity contribution in [3.63, 3.8) is 0 Å². The van der Waals surface area contributed by atoms with Gasteiger partial charge in [-0.3, -0.25) is 14.6 Å². The Hall–Kier alpha value is -3.62. The Balaban J connectivity index is 1.78. The van der Waals surface area contributed by atoms with Crippen molar-refractivity contribution >= 4 is 11.7 Å². The number of rotatable bonds is 6. The zero-order chi connectivity index (χ0) is 20.3.